The third-order valence-electron chi connectivity index (χ3n) is 5.07. The fourth-order valence-corrected chi connectivity index (χ4v) is 3.72. The highest BCUT2D eigenvalue weighted by Gasteiger charge is 2.13. The molecule has 6 nitrogen and oxygen atoms in total. The standard InChI is InChI=1S/C25H28BrN3O3/c1-5-29-23(22(26)15-27-29)16-28(3)25(30)12-10-19-9-11-24(31-4)20(14-19)17-32-21-8-6-7-18(2)13-21/h6-15H,5,16-17H2,1-4H3/b12-10+. The number of aromatic nitrogens is 2. The van der Waals surface area contributed by atoms with Gasteiger partial charge in [-0.15, -0.1) is 0 Å². The second-order valence-corrected chi connectivity index (χ2v) is 8.31. The van der Waals surface area contributed by atoms with Gasteiger partial charge < -0.3 is 14.4 Å². The third-order valence-corrected chi connectivity index (χ3v) is 5.73. The van der Waals surface area contributed by atoms with Gasteiger partial charge in [-0.05, 0) is 71.2 Å². The fraction of sp³-hybridized carbons (Fsp3) is 0.280. The van der Waals surface area contributed by atoms with Gasteiger partial charge in [0, 0.05) is 25.2 Å². The summed E-state index contributed by atoms with van der Waals surface area (Å²) in [5.41, 5.74) is 3.92. The highest BCUT2D eigenvalue weighted by Crippen LogP contribution is 2.23. The van der Waals surface area contributed by atoms with E-state index in [-0.39, 0.29) is 5.91 Å². The summed E-state index contributed by atoms with van der Waals surface area (Å²) in [6.45, 7) is 5.64. The second-order valence-electron chi connectivity index (χ2n) is 7.46. The van der Waals surface area contributed by atoms with E-state index in [4.69, 9.17) is 9.47 Å². The molecular weight excluding hydrogens is 470 g/mol. The highest BCUT2D eigenvalue weighted by atomic mass is 79.9. The Morgan fingerprint density at radius 2 is 2.06 bits per heavy atom. The zero-order chi connectivity index (χ0) is 23.1. The van der Waals surface area contributed by atoms with Crippen molar-refractivity contribution in [2.45, 2.75) is 33.5 Å². The molecule has 0 N–H and O–H groups in total. The van der Waals surface area contributed by atoms with E-state index in [2.05, 4.69) is 21.0 Å². The molecule has 7 heteroatoms. The van der Waals surface area contributed by atoms with Gasteiger partial charge in [-0.1, -0.05) is 18.2 Å². The number of hydrogen-bond donors (Lipinski definition) is 0. The van der Waals surface area contributed by atoms with Gasteiger partial charge in [0.15, 0.2) is 0 Å². The van der Waals surface area contributed by atoms with Crippen LogP contribution in [0.2, 0.25) is 0 Å². The minimum atomic E-state index is -0.0888. The maximum Gasteiger partial charge on any atom is 0.246 e. The van der Waals surface area contributed by atoms with Crippen LogP contribution in [-0.2, 0) is 24.5 Å². The molecule has 0 saturated heterocycles. The van der Waals surface area contributed by atoms with Gasteiger partial charge in [0.05, 0.1) is 30.0 Å². The molecule has 32 heavy (non-hydrogen) atoms. The first kappa shape index (κ1) is 23.6. The molecule has 2 aromatic carbocycles. The van der Waals surface area contributed by atoms with Gasteiger partial charge >= 0.3 is 0 Å². The minimum Gasteiger partial charge on any atom is -0.496 e. The summed E-state index contributed by atoms with van der Waals surface area (Å²) in [5, 5.41) is 4.30. The summed E-state index contributed by atoms with van der Waals surface area (Å²) in [4.78, 5) is 14.3. The predicted molar refractivity (Wildman–Crippen MR) is 130 cm³/mol. The minimum absolute atomic E-state index is 0.0888. The number of halogens is 1. The highest BCUT2D eigenvalue weighted by molar-refractivity contribution is 9.10. The summed E-state index contributed by atoms with van der Waals surface area (Å²) >= 11 is 3.51. The van der Waals surface area contributed by atoms with Crippen LogP contribution in [0.3, 0.4) is 0 Å². The van der Waals surface area contributed by atoms with Crippen LogP contribution in [0, 0.1) is 6.92 Å². The van der Waals surface area contributed by atoms with Gasteiger partial charge in [0.25, 0.3) is 0 Å². The maximum atomic E-state index is 12.6. The number of carbonyl (C=O) groups excluding carboxylic acids is 1. The van der Waals surface area contributed by atoms with Crippen LogP contribution >= 0.6 is 15.9 Å². The van der Waals surface area contributed by atoms with Crippen molar-refractivity contribution in [2.75, 3.05) is 14.2 Å². The molecule has 3 rings (SSSR count). The Hall–Kier alpha value is -3.06. The molecule has 0 aliphatic heterocycles. The molecule has 0 unspecified atom stereocenters. The van der Waals surface area contributed by atoms with E-state index in [1.807, 2.05) is 61.0 Å². The van der Waals surface area contributed by atoms with Crippen molar-refractivity contribution in [2.24, 2.45) is 0 Å². The molecule has 0 radical (unpaired) electrons. The van der Waals surface area contributed by atoms with Crippen molar-refractivity contribution in [3.05, 3.63) is 81.6 Å². The zero-order valence-corrected chi connectivity index (χ0v) is 20.4. The molecule has 0 bridgehead atoms. The van der Waals surface area contributed by atoms with Crippen molar-refractivity contribution in [1.29, 1.82) is 0 Å². The largest absolute Gasteiger partial charge is 0.496 e. The third kappa shape index (κ3) is 6.01. The molecule has 0 spiro atoms. The van der Waals surface area contributed by atoms with Crippen LogP contribution in [0.25, 0.3) is 6.08 Å². The van der Waals surface area contributed by atoms with Crippen LogP contribution in [0.5, 0.6) is 11.5 Å². The number of ether oxygens (including phenoxy) is 2. The lowest BCUT2D eigenvalue weighted by Gasteiger charge is -2.16. The first-order valence-corrected chi connectivity index (χ1v) is 11.2. The number of benzene rings is 2. The van der Waals surface area contributed by atoms with Gasteiger partial charge in [0.2, 0.25) is 5.91 Å². The van der Waals surface area contributed by atoms with Crippen LogP contribution < -0.4 is 9.47 Å². The summed E-state index contributed by atoms with van der Waals surface area (Å²) in [6.07, 6.45) is 5.14. The summed E-state index contributed by atoms with van der Waals surface area (Å²) in [7, 11) is 3.42. The Balaban J connectivity index is 1.68. The van der Waals surface area contributed by atoms with Gasteiger partial charge in [-0.3, -0.25) is 9.48 Å². The number of methoxy groups -OCH3 is 1. The molecular formula is C25H28BrN3O3. The van der Waals surface area contributed by atoms with Gasteiger partial charge in [0.1, 0.15) is 18.1 Å². The predicted octanol–water partition coefficient (Wildman–Crippen LogP) is 5.23. The van der Waals surface area contributed by atoms with Crippen LogP contribution in [-0.4, -0.2) is 34.7 Å². The number of amides is 1. The zero-order valence-electron chi connectivity index (χ0n) is 18.8. The van der Waals surface area contributed by atoms with Crippen molar-refractivity contribution in [3.8, 4) is 11.5 Å². The SMILES string of the molecule is CCn1ncc(Br)c1CN(C)C(=O)/C=C/c1ccc(OC)c(COc2cccc(C)c2)c1. The van der Waals surface area contributed by atoms with E-state index >= 15 is 0 Å². The molecule has 168 valence electrons. The van der Waals surface area contributed by atoms with E-state index < -0.39 is 0 Å². The normalized spacial score (nSPS) is 11.0. The monoisotopic (exact) mass is 497 g/mol. The average molecular weight is 498 g/mol. The first-order chi connectivity index (χ1) is 15.4. The molecule has 0 aliphatic rings. The van der Waals surface area contributed by atoms with E-state index in [0.717, 1.165) is 44.9 Å². The molecule has 1 aromatic heterocycles. The summed E-state index contributed by atoms with van der Waals surface area (Å²) < 4.78 is 14.2. The average Bonchev–Trinajstić information content (AvgIpc) is 3.15. The molecule has 0 aliphatic carbocycles. The van der Waals surface area contributed by atoms with E-state index in [9.17, 15) is 4.79 Å². The topological polar surface area (TPSA) is 56.6 Å². The molecule has 1 heterocycles. The van der Waals surface area contributed by atoms with E-state index in [1.165, 1.54) is 0 Å². The Bertz CT molecular complexity index is 1110. The lowest BCUT2D eigenvalue weighted by Crippen LogP contribution is -2.25. The number of likely N-dealkylation sites (N-methyl/N-ethyl adjacent to an activating group) is 1. The van der Waals surface area contributed by atoms with E-state index in [0.29, 0.717) is 13.2 Å². The van der Waals surface area contributed by atoms with Crippen LogP contribution in [0.4, 0.5) is 0 Å². The number of aryl methyl sites for hydroxylation is 2. The molecule has 3 aromatic rings. The van der Waals surface area contributed by atoms with Crippen molar-refractivity contribution in [1.82, 2.24) is 14.7 Å². The van der Waals surface area contributed by atoms with Crippen LogP contribution in [0.15, 0.2) is 59.2 Å². The Labute approximate surface area is 197 Å². The Morgan fingerprint density at radius 1 is 1.25 bits per heavy atom. The van der Waals surface area contributed by atoms with Gasteiger partial charge in [-0.2, -0.15) is 5.10 Å². The number of carbonyl (C=O) groups is 1. The Morgan fingerprint density at radius 3 is 2.78 bits per heavy atom. The smallest absolute Gasteiger partial charge is 0.246 e. The Kier molecular flexibility index (Phi) is 8.11. The molecule has 1 amide bonds. The fourth-order valence-electron chi connectivity index (χ4n) is 3.30. The summed E-state index contributed by atoms with van der Waals surface area (Å²) in [5.74, 6) is 1.47. The van der Waals surface area contributed by atoms with Gasteiger partial charge in [-0.25, -0.2) is 0 Å². The second kappa shape index (κ2) is 11.0. The number of rotatable bonds is 9. The van der Waals surface area contributed by atoms with Crippen molar-refractivity contribution in [3.63, 3.8) is 0 Å². The lowest BCUT2D eigenvalue weighted by atomic mass is 10.1. The first-order valence-electron chi connectivity index (χ1n) is 10.4. The van der Waals surface area contributed by atoms with Crippen LogP contribution in [0.1, 0.15) is 29.3 Å². The molecule has 0 saturated carbocycles. The van der Waals surface area contributed by atoms with Crippen molar-refractivity contribution < 1.29 is 14.3 Å². The quantitative estimate of drug-likeness (QED) is 0.379. The van der Waals surface area contributed by atoms with Crippen molar-refractivity contribution >= 4 is 27.9 Å². The number of nitrogens with zero attached hydrogens (tertiary/aromatic N) is 3. The number of hydrogen-bond acceptors (Lipinski definition) is 4. The molecule has 0 atom stereocenters. The maximum absolute atomic E-state index is 12.6. The summed E-state index contributed by atoms with van der Waals surface area (Å²) in [6, 6.07) is 13.7. The lowest BCUT2D eigenvalue weighted by molar-refractivity contribution is -0.125. The molecule has 0 fully saturated rings. The van der Waals surface area contributed by atoms with E-state index in [1.54, 1.807) is 37.4 Å².